The zero-order valence-corrected chi connectivity index (χ0v) is 20.3. The lowest BCUT2D eigenvalue weighted by Gasteiger charge is -2.22. The van der Waals surface area contributed by atoms with E-state index in [1.807, 2.05) is 13.0 Å². The maximum Gasteiger partial charge on any atom is 0.416 e. The topological polar surface area (TPSA) is 55.0 Å². The number of esters is 1. The molecule has 3 rings (SSSR count). The lowest BCUT2D eigenvalue weighted by Crippen LogP contribution is -2.27. The SMILES string of the molecule is CCC(C)(C)OC(=O)/C(C#N)=C/c1cn(CCc2cc(C(F)(F)F)cc(C(F)(F)F)c2)c2ccccc12. The fraction of sp³-hybridized carbons (Fsp3) is 0.333. The van der Waals surface area contributed by atoms with Gasteiger partial charge in [-0.1, -0.05) is 25.1 Å². The van der Waals surface area contributed by atoms with Crippen LogP contribution in [-0.4, -0.2) is 16.1 Å². The first kappa shape index (κ1) is 27.8. The summed E-state index contributed by atoms with van der Waals surface area (Å²) in [5.41, 5.74) is -2.76. The molecule has 4 nitrogen and oxygen atoms in total. The molecule has 2 aromatic carbocycles. The number of fused-ring (bicyclic) bond motifs is 1. The van der Waals surface area contributed by atoms with Crippen LogP contribution in [0.1, 0.15) is 49.4 Å². The molecule has 0 saturated heterocycles. The van der Waals surface area contributed by atoms with E-state index in [4.69, 9.17) is 4.74 Å². The highest BCUT2D eigenvalue weighted by Gasteiger charge is 2.36. The van der Waals surface area contributed by atoms with Gasteiger partial charge in [0.25, 0.3) is 0 Å². The average molecular weight is 522 g/mol. The fourth-order valence-corrected chi connectivity index (χ4v) is 3.66. The number of benzene rings is 2. The molecule has 10 heteroatoms. The van der Waals surface area contributed by atoms with Gasteiger partial charge in [0.2, 0.25) is 0 Å². The molecule has 1 aromatic heterocycles. The third kappa shape index (κ3) is 6.73. The molecule has 0 unspecified atom stereocenters. The zero-order chi connectivity index (χ0) is 27.6. The van der Waals surface area contributed by atoms with E-state index in [-0.39, 0.29) is 30.2 Å². The van der Waals surface area contributed by atoms with Gasteiger partial charge < -0.3 is 9.30 Å². The number of hydrogen-bond acceptors (Lipinski definition) is 3. The lowest BCUT2D eigenvalue weighted by molar-refractivity contribution is -0.151. The molecule has 0 bridgehead atoms. The normalized spacial score (nSPS) is 13.0. The molecule has 196 valence electrons. The molecule has 0 aliphatic heterocycles. The third-order valence-corrected chi connectivity index (χ3v) is 5.97. The predicted molar refractivity (Wildman–Crippen MR) is 126 cm³/mol. The van der Waals surface area contributed by atoms with Gasteiger partial charge in [-0.25, -0.2) is 4.79 Å². The molecule has 0 atom stereocenters. The Morgan fingerprint density at radius 3 is 2.16 bits per heavy atom. The fourth-order valence-electron chi connectivity index (χ4n) is 3.66. The van der Waals surface area contributed by atoms with Crippen LogP contribution in [0.3, 0.4) is 0 Å². The van der Waals surface area contributed by atoms with Crippen molar-refractivity contribution in [1.29, 1.82) is 5.26 Å². The zero-order valence-electron chi connectivity index (χ0n) is 20.3. The molecule has 0 saturated carbocycles. The number of nitrogens with zero attached hydrogens (tertiary/aromatic N) is 2. The summed E-state index contributed by atoms with van der Waals surface area (Å²) in [6.07, 6.45) is -6.49. The van der Waals surface area contributed by atoms with Crippen molar-refractivity contribution in [3.63, 3.8) is 0 Å². The summed E-state index contributed by atoms with van der Waals surface area (Å²) < 4.78 is 86.3. The van der Waals surface area contributed by atoms with Gasteiger partial charge in [0.05, 0.1) is 11.1 Å². The van der Waals surface area contributed by atoms with Crippen LogP contribution in [0.5, 0.6) is 0 Å². The van der Waals surface area contributed by atoms with Crippen LogP contribution in [-0.2, 0) is 34.8 Å². The smallest absolute Gasteiger partial charge is 0.416 e. The summed E-state index contributed by atoms with van der Waals surface area (Å²) in [4.78, 5) is 12.5. The number of rotatable bonds is 7. The van der Waals surface area contributed by atoms with E-state index in [2.05, 4.69) is 0 Å². The van der Waals surface area contributed by atoms with Crippen LogP contribution >= 0.6 is 0 Å². The second kappa shape index (κ2) is 10.3. The standard InChI is InChI=1S/C27H24F6N2O2/c1-4-25(2,3)37-24(36)18(15-34)13-19-16-35(23-8-6-5-7-22(19)23)10-9-17-11-20(26(28,29)30)14-21(12-17)27(31,32)33/h5-8,11-14,16H,4,9-10H2,1-3H3/b18-13+. The monoisotopic (exact) mass is 522 g/mol. The van der Waals surface area contributed by atoms with Gasteiger partial charge in [-0.2, -0.15) is 31.6 Å². The summed E-state index contributed by atoms with van der Waals surface area (Å²) in [5, 5.41) is 10.2. The molecule has 3 aromatic rings. The van der Waals surface area contributed by atoms with Crippen molar-refractivity contribution in [3.8, 4) is 6.07 Å². The Morgan fingerprint density at radius 2 is 1.62 bits per heavy atom. The Kier molecular flexibility index (Phi) is 7.77. The number of carbonyl (C=O) groups excluding carboxylic acids is 1. The number of alkyl halides is 6. The van der Waals surface area contributed by atoms with E-state index >= 15 is 0 Å². The summed E-state index contributed by atoms with van der Waals surface area (Å²) in [7, 11) is 0. The van der Waals surface area contributed by atoms with Gasteiger partial charge in [-0.3, -0.25) is 0 Å². The third-order valence-electron chi connectivity index (χ3n) is 5.97. The second-order valence-corrected chi connectivity index (χ2v) is 9.13. The highest BCUT2D eigenvalue weighted by atomic mass is 19.4. The summed E-state index contributed by atoms with van der Waals surface area (Å²) in [6.45, 7) is 5.31. The van der Waals surface area contributed by atoms with E-state index < -0.39 is 35.0 Å². The quantitative estimate of drug-likeness (QED) is 0.139. The minimum absolute atomic E-state index is 0.0577. The van der Waals surface area contributed by atoms with E-state index in [1.165, 1.54) is 6.08 Å². The molecule has 0 aliphatic carbocycles. The summed E-state index contributed by atoms with van der Waals surface area (Å²) in [6, 6.07) is 10.3. The molecule has 0 spiro atoms. The van der Waals surface area contributed by atoms with Crippen molar-refractivity contribution in [2.24, 2.45) is 0 Å². The number of carbonyl (C=O) groups is 1. The number of para-hydroxylation sites is 1. The summed E-state index contributed by atoms with van der Waals surface area (Å²) in [5.74, 6) is -0.796. The van der Waals surface area contributed by atoms with Gasteiger partial charge in [0.1, 0.15) is 17.2 Å². The molecular weight excluding hydrogens is 498 g/mol. The van der Waals surface area contributed by atoms with Gasteiger partial charge in [0, 0.05) is 29.2 Å². The molecular formula is C27H24F6N2O2. The van der Waals surface area contributed by atoms with E-state index in [0.717, 1.165) is 0 Å². The van der Waals surface area contributed by atoms with Crippen LogP contribution in [0.4, 0.5) is 26.3 Å². The molecule has 0 fully saturated rings. The predicted octanol–water partition coefficient (Wildman–Crippen LogP) is 7.56. The number of ether oxygens (including phenoxy) is 1. The van der Waals surface area contributed by atoms with Gasteiger partial charge in [-0.15, -0.1) is 0 Å². The van der Waals surface area contributed by atoms with Crippen LogP contribution < -0.4 is 0 Å². The van der Waals surface area contributed by atoms with Gasteiger partial charge in [-0.05, 0) is 62.6 Å². The van der Waals surface area contributed by atoms with Crippen molar-refractivity contribution in [3.05, 3.63) is 76.5 Å². The number of hydrogen-bond donors (Lipinski definition) is 0. The first-order chi connectivity index (χ1) is 17.1. The van der Waals surface area contributed by atoms with Crippen molar-refractivity contribution < 1.29 is 35.9 Å². The number of aryl methyl sites for hydroxylation is 2. The highest BCUT2D eigenvalue weighted by molar-refractivity contribution is 6.01. The maximum absolute atomic E-state index is 13.2. The Morgan fingerprint density at radius 1 is 1.03 bits per heavy atom. The molecule has 0 radical (unpaired) electrons. The minimum atomic E-state index is -4.93. The van der Waals surface area contributed by atoms with Gasteiger partial charge in [0.15, 0.2) is 0 Å². The van der Waals surface area contributed by atoms with E-state index in [9.17, 15) is 36.4 Å². The first-order valence-electron chi connectivity index (χ1n) is 11.4. The van der Waals surface area contributed by atoms with Crippen LogP contribution in [0, 0.1) is 11.3 Å². The minimum Gasteiger partial charge on any atom is -0.456 e. The molecule has 0 N–H and O–H groups in total. The Labute approximate surface area is 209 Å². The van der Waals surface area contributed by atoms with Crippen LogP contribution in [0.2, 0.25) is 0 Å². The summed E-state index contributed by atoms with van der Waals surface area (Å²) >= 11 is 0. The Balaban J connectivity index is 1.97. The van der Waals surface area contributed by atoms with Crippen molar-refractivity contribution in [1.82, 2.24) is 4.57 Å². The van der Waals surface area contributed by atoms with Crippen LogP contribution in [0.25, 0.3) is 17.0 Å². The number of halogens is 6. The second-order valence-electron chi connectivity index (χ2n) is 9.13. The lowest BCUT2D eigenvalue weighted by atomic mass is 10.0. The Hall–Kier alpha value is -3.74. The molecule has 0 aliphatic rings. The Bertz CT molecular complexity index is 1340. The largest absolute Gasteiger partial charge is 0.456 e. The molecule has 0 amide bonds. The highest BCUT2D eigenvalue weighted by Crippen LogP contribution is 2.36. The van der Waals surface area contributed by atoms with E-state index in [0.29, 0.717) is 35.0 Å². The average Bonchev–Trinajstić information content (AvgIpc) is 3.17. The molecule has 37 heavy (non-hydrogen) atoms. The maximum atomic E-state index is 13.2. The molecule has 1 heterocycles. The van der Waals surface area contributed by atoms with E-state index in [1.54, 1.807) is 48.9 Å². The van der Waals surface area contributed by atoms with Crippen LogP contribution in [0.15, 0.2) is 54.2 Å². The van der Waals surface area contributed by atoms with Crippen molar-refractivity contribution >= 4 is 22.9 Å². The number of aromatic nitrogens is 1. The van der Waals surface area contributed by atoms with Crippen molar-refractivity contribution in [2.75, 3.05) is 0 Å². The van der Waals surface area contributed by atoms with Crippen molar-refractivity contribution in [2.45, 2.75) is 58.1 Å². The first-order valence-corrected chi connectivity index (χ1v) is 11.4. The number of nitriles is 1. The van der Waals surface area contributed by atoms with Gasteiger partial charge >= 0.3 is 18.3 Å².